The van der Waals surface area contributed by atoms with Gasteiger partial charge in [0.05, 0.1) is 5.69 Å². The van der Waals surface area contributed by atoms with Gasteiger partial charge in [-0.05, 0) is 24.3 Å². The highest BCUT2D eigenvalue weighted by Gasteiger charge is 2.13. The number of aromatic nitrogens is 3. The fourth-order valence-electron chi connectivity index (χ4n) is 1.90. The van der Waals surface area contributed by atoms with Crippen LogP contribution in [0.1, 0.15) is 16.1 Å². The highest BCUT2D eigenvalue weighted by molar-refractivity contribution is 5.90. The molecule has 1 N–H and O–H groups in total. The summed E-state index contributed by atoms with van der Waals surface area (Å²) in [5.41, 5.74) is 0.367. The topological polar surface area (TPSA) is 76.7 Å². The molecule has 0 bridgehead atoms. The standard InChI is InChI=1S/C14H10FN3O3/c15-9-2-3-12(11(6-9)13(19)20)21-8-10-7-18-5-1-4-16-14(18)17-10/h1-7H,8H2,(H,19,20). The number of ether oxygens (including phenoxy) is 1. The van der Waals surface area contributed by atoms with Gasteiger partial charge in [0, 0.05) is 18.6 Å². The third-order valence-corrected chi connectivity index (χ3v) is 2.83. The molecule has 2 aromatic heterocycles. The Labute approximate surface area is 118 Å². The van der Waals surface area contributed by atoms with Crippen LogP contribution in [0.3, 0.4) is 0 Å². The fourth-order valence-corrected chi connectivity index (χ4v) is 1.90. The van der Waals surface area contributed by atoms with Gasteiger partial charge in [0.2, 0.25) is 5.78 Å². The molecule has 0 aliphatic rings. The smallest absolute Gasteiger partial charge is 0.339 e. The predicted octanol–water partition coefficient (Wildman–Crippen LogP) is 2.15. The van der Waals surface area contributed by atoms with Crippen LogP contribution in [0.25, 0.3) is 5.78 Å². The Bertz CT molecular complexity index is 783. The molecule has 0 saturated carbocycles. The van der Waals surface area contributed by atoms with E-state index in [1.807, 2.05) is 0 Å². The summed E-state index contributed by atoms with van der Waals surface area (Å²) in [6, 6.07) is 5.12. The Hall–Kier alpha value is -2.96. The zero-order chi connectivity index (χ0) is 14.8. The number of aromatic carboxylic acids is 1. The molecule has 0 radical (unpaired) electrons. The Kier molecular flexibility index (Phi) is 3.23. The Morgan fingerprint density at radius 3 is 3.05 bits per heavy atom. The van der Waals surface area contributed by atoms with Crippen molar-refractivity contribution >= 4 is 11.7 Å². The van der Waals surface area contributed by atoms with Gasteiger partial charge in [-0.2, -0.15) is 0 Å². The van der Waals surface area contributed by atoms with Crippen LogP contribution in [0.15, 0.2) is 42.9 Å². The maximum atomic E-state index is 13.1. The Morgan fingerprint density at radius 2 is 2.29 bits per heavy atom. The first-order valence-corrected chi connectivity index (χ1v) is 6.08. The van der Waals surface area contributed by atoms with Crippen molar-refractivity contribution in [1.29, 1.82) is 0 Å². The van der Waals surface area contributed by atoms with E-state index in [1.54, 1.807) is 29.1 Å². The number of carbonyl (C=O) groups is 1. The van der Waals surface area contributed by atoms with Crippen molar-refractivity contribution in [3.63, 3.8) is 0 Å². The molecule has 0 fully saturated rings. The van der Waals surface area contributed by atoms with E-state index in [-0.39, 0.29) is 17.9 Å². The molecule has 0 atom stereocenters. The summed E-state index contributed by atoms with van der Waals surface area (Å²) in [7, 11) is 0. The highest BCUT2D eigenvalue weighted by Crippen LogP contribution is 2.21. The number of benzene rings is 1. The lowest BCUT2D eigenvalue weighted by atomic mass is 10.2. The molecule has 0 unspecified atom stereocenters. The second-order valence-corrected chi connectivity index (χ2v) is 4.29. The van der Waals surface area contributed by atoms with Gasteiger partial charge in [-0.15, -0.1) is 0 Å². The summed E-state index contributed by atoms with van der Waals surface area (Å²) in [5.74, 6) is -1.26. The van der Waals surface area contributed by atoms with Crippen LogP contribution < -0.4 is 4.74 Å². The van der Waals surface area contributed by atoms with Crippen LogP contribution in [0, 0.1) is 5.82 Å². The van der Waals surface area contributed by atoms with Gasteiger partial charge in [0.15, 0.2) is 0 Å². The van der Waals surface area contributed by atoms with Crippen molar-refractivity contribution in [2.45, 2.75) is 6.61 Å². The second-order valence-electron chi connectivity index (χ2n) is 4.29. The molecule has 0 saturated heterocycles. The van der Waals surface area contributed by atoms with Crippen LogP contribution in [0.2, 0.25) is 0 Å². The molecule has 0 aliphatic carbocycles. The largest absolute Gasteiger partial charge is 0.486 e. The monoisotopic (exact) mass is 287 g/mol. The molecule has 3 aromatic rings. The summed E-state index contributed by atoms with van der Waals surface area (Å²) >= 11 is 0. The molecular formula is C14H10FN3O3. The van der Waals surface area contributed by atoms with E-state index < -0.39 is 11.8 Å². The van der Waals surface area contributed by atoms with Crippen LogP contribution in [0.5, 0.6) is 5.75 Å². The number of nitrogens with zero attached hydrogens (tertiary/aromatic N) is 3. The van der Waals surface area contributed by atoms with Crippen molar-refractivity contribution in [1.82, 2.24) is 14.4 Å². The highest BCUT2D eigenvalue weighted by atomic mass is 19.1. The van der Waals surface area contributed by atoms with Gasteiger partial charge in [0.25, 0.3) is 0 Å². The third-order valence-electron chi connectivity index (χ3n) is 2.83. The SMILES string of the molecule is O=C(O)c1cc(F)ccc1OCc1cn2cccnc2n1. The minimum Gasteiger partial charge on any atom is -0.486 e. The molecule has 2 heterocycles. The van der Waals surface area contributed by atoms with Crippen LogP contribution in [-0.2, 0) is 6.61 Å². The van der Waals surface area contributed by atoms with Gasteiger partial charge in [-0.3, -0.25) is 4.40 Å². The normalized spacial score (nSPS) is 10.7. The molecule has 0 spiro atoms. The first-order valence-electron chi connectivity index (χ1n) is 6.08. The second kappa shape index (κ2) is 5.20. The maximum absolute atomic E-state index is 13.1. The van der Waals surface area contributed by atoms with Gasteiger partial charge in [0.1, 0.15) is 23.7 Å². The van der Waals surface area contributed by atoms with E-state index in [9.17, 15) is 9.18 Å². The average molecular weight is 287 g/mol. The molecule has 6 nitrogen and oxygen atoms in total. The van der Waals surface area contributed by atoms with Crippen LogP contribution in [0.4, 0.5) is 4.39 Å². The molecule has 0 amide bonds. The number of rotatable bonds is 4. The van der Waals surface area contributed by atoms with Crippen molar-refractivity contribution in [2.75, 3.05) is 0 Å². The first-order chi connectivity index (χ1) is 10.1. The van der Waals surface area contributed by atoms with E-state index in [1.165, 1.54) is 6.07 Å². The van der Waals surface area contributed by atoms with Crippen molar-refractivity contribution in [2.24, 2.45) is 0 Å². The Morgan fingerprint density at radius 1 is 1.43 bits per heavy atom. The number of halogens is 1. The van der Waals surface area contributed by atoms with E-state index >= 15 is 0 Å². The first kappa shape index (κ1) is 13.0. The fraction of sp³-hybridized carbons (Fsp3) is 0.0714. The van der Waals surface area contributed by atoms with Gasteiger partial charge < -0.3 is 9.84 Å². The lowest BCUT2D eigenvalue weighted by Gasteiger charge is -2.07. The van der Waals surface area contributed by atoms with E-state index in [0.717, 1.165) is 12.1 Å². The minimum atomic E-state index is -1.25. The number of carboxylic acid groups (broad SMARTS) is 1. The quantitative estimate of drug-likeness (QED) is 0.795. The van der Waals surface area contributed by atoms with E-state index in [4.69, 9.17) is 9.84 Å². The van der Waals surface area contributed by atoms with Crippen LogP contribution >= 0.6 is 0 Å². The minimum absolute atomic E-state index is 0.0648. The number of hydrogen-bond donors (Lipinski definition) is 1. The predicted molar refractivity (Wildman–Crippen MR) is 70.7 cm³/mol. The summed E-state index contributed by atoms with van der Waals surface area (Å²) in [4.78, 5) is 19.3. The summed E-state index contributed by atoms with van der Waals surface area (Å²) in [5, 5.41) is 9.03. The van der Waals surface area contributed by atoms with E-state index in [2.05, 4.69) is 9.97 Å². The molecule has 3 rings (SSSR count). The maximum Gasteiger partial charge on any atom is 0.339 e. The third kappa shape index (κ3) is 2.66. The Balaban J connectivity index is 1.83. The van der Waals surface area contributed by atoms with Gasteiger partial charge in [-0.1, -0.05) is 0 Å². The number of hydrogen-bond acceptors (Lipinski definition) is 4. The average Bonchev–Trinajstić information content (AvgIpc) is 2.88. The number of imidazole rings is 1. The molecule has 21 heavy (non-hydrogen) atoms. The molecular weight excluding hydrogens is 277 g/mol. The molecule has 7 heteroatoms. The van der Waals surface area contributed by atoms with Crippen molar-refractivity contribution in [3.8, 4) is 5.75 Å². The summed E-state index contributed by atoms with van der Waals surface area (Å²) < 4.78 is 20.2. The molecule has 0 aliphatic heterocycles. The zero-order valence-corrected chi connectivity index (χ0v) is 10.7. The number of fused-ring (bicyclic) bond motifs is 1. The number of carboxylic acids is 1. The molecule has 106 valence electrons. The summed E-state index contributed by atoms with van der Waals surface area (Å²) in [6.07, 6.45) is 5.14. The van der Waals surface area contributed by atoms with Gasteiger partial charge in [-0.25, -0.2) is 19.2 Å². The van der Waals surface area contributed by atoms with Crippen LogP contribution in [-0.4, -0.2) is 25.4 Å². The summed E-state index contributed by atoms with van der Waals surface area (Å²) in [6.45, 7) is 0.0648. The lowest BCUT2D eigenvalue weighted by molar-refractivity contribution is 0.0691. The molecule has 1 aromatic carbocycles. The van der Waals surface area contributed by atoms with E-state index in [0.29, 0.717) is 11.5 Å². The van der Waals surface area contributed by atoms with Crippen molar-refractivity contribution < 1.29 is 19.0 Å². The lowest BCUT2D eigenvalue weighted by Crippen LogP contribution is -2.04. The zero-order valence-electron chi connectivity index (χ0n) is 10.7. The van der Waals surface area contributed by atoms with Crippen molar-refractivity contribution in [3.05, 3.63) is 59.9 Å². The van der Waals surface area contributed by atoms with Gasteiger partial charge >= 0.3 is 5.97 Å².